The van der Waals surface area contributed by atoms with Crippen LogP contribution < -0.4 is 0 Å². The minimum Gasteiger partial charge on any atom is -0.445 e. The maximum atomic E-state index is 11.9. The molecule has 1 saturated carbocycles. The minimum atomic E-state index is -0.223. The van der Waals surface area contributed by atoms with Crippen LogP contribution in [0.5, 0.6) is 0 Å². The van der Waals surface area contributed by atoms with Gasteiger partial charge in [0.15, 0.2) is 0 Å². The Morgan fingerprint density at radius 1 is 1.33 bits per heavy atom. The van der Waals surface area contributed by atoms with Crippen LogP contribution in [0.3, 0.4) is 0 Å². The van der Waals surface area contributed by atoms with Gasteiger partial charge >= 0.3 is 6.09 Å². The van der Waals surface area contributed by atoms with Crippen LogP contribution in [0.4, 0.5) is 4.79 Å². The summed E-state index contributed by atoms with van der Waals surface area (Å²) in [4.78, 5) is 17.6. The third kappa shape index (κ3) is 3.45. The first-order valence-electron chi connectivity index (χ1n) is 6.56. The lowest BCUT2D eigenvalue weighted by molar-refractivity contribution is 0.0835. The largest absolute Gasteiger partial charge is 0.445 e. The smallest absolute Gasteiger partial charge is 0.410 e. The fourth-order valence-corrected chi connectivity index (χ4v) is 2.34. The van der Waals surface area contributed by atoms with Gasteiger partial charge in [-0.3, -0.25) is 4.98 Å². The molecule has 18 heavy (non-hydrogen) atoms. The molecule has 1 amide bonds. The molecule has 0 bridgehead atoms. The van der Waals surface area contributed by atoms with E-state index in [1.165, 1.54) is 19.3 Å². The predicted molar refractivity (Wildman–Crippen MR) is 69.1 cm³/mol. The van der Waals surface area contributed by atoms with E-state index in [0.29, 0.717) is 12.6 Å². The first-order valence-corrected chi connectivity index (χ1v) is 6.56. The Morgan fingerprint density at radius 3 is 2.67 bits per heavy atom. The maximum Gasteiger partial charge on any atom is 0.410 e. The van der Waals surface area contributed by atoms with Crippen LogP contribution in [0.2, 0.25) is 0 Å². The molecule has 0 spiro atoms. The number of nitrogens with zero attached hydrogens (tertiary/aromatic N) is 2. The van der Waals surface area contributed by atoms with Gasteiger partial charge in [-0.15, -0.1) is 0 Å². The summed E-state index contributed by atoms with van der Waals surface area (Å²) in [6, 6.07) is 4.06. The molecule has 0 aromatic carbocycles. The van der Waals surface area contributed by atoms with Crippen LogP contribution in [-0.4, -0.2) is 29.1 Å². The molecule has 1 aromatic heterocycles. The van der Waals surface area contributed by atoms with Crippen LogP contribution in [0.15, 0.2) is 24.5 Å². The molecule has 1 aliphatic rings. The Morgan fingerprint density at radius 2 is 2.00 bits per heavy atom. The Hall–Kier alpha value is -1.58. The van der Waals surface area contributed by atoms with Crippen molar-refractivity contribution in [1.82, 2.24) is 9.88 Å². The highest BCUT2D eigenvalue weighted by atomic mass is 16.6. The average Bonchev–Trinajstić information content (AvgIpc) is 2.46. The normalized spacial score (nSPS) is 16.3. The van der Waals surface area contributed by atoms with Gasteiger partial charge in [-0.1, -0.05) is 19.3 Å². The lowest BCUT2D eigenvalue weighted by Gasteiger charge is -2.30. The first-order chi connectivity index (χ1) is 8.77. The summed E-state index contributed by atoms with van der Waals surface area (Å²) in [6.45, 7) is 0.318. The van der Waals surface area contributed by atoms with Gasteiger partial charge in [0, 0.05) is 25.5 Å². The van der Waals surface area contributed by atoms with Crippen molar-refractivity contribution in [3.63, 3.8) is 0 Å². The Kier molecular flexibility index (Phi) is 4.56. The van der Waals surface area contributed by atoms with Crippen molar-refractivity contribution in [2.45, 2.75) is 44.8 Å². The molecule has 0 saturated heterocycles. The summed E-state index contributed by atoms with van der Waals surface area (Å²) in [6.07, 6.45) is 9.10. The molecule has 4 heteroatoms. The van der Waals surface area contributed by atoms with Crippen molar-refractivity contribution in [3.05, 3.63) is 30.1 Å². The first kappa shape index (κ1) is 12.9. The van der Waals surface area contributed by atoms with Gasteiger partial charge in [-0.05, 0) is 30.5 Å². The van der Waals surface area contributed by atoms with E-state index in [4.69, 9.17) is 4.74 Å². The zero-order valence-electron chi connectivity index (χ0n) is 10.8. The predicted octanol–water partition coefficient (Wildman–Crippen LogP) is 2.98. The number of pyridine rings is 1. The molecule has 1 aliphatic carbocycles. The topological polar surface area (TPSA) is 42.4 Å². The summed E-state index contributed by atoms with van der Waals surface area (Å²) in [5.41, 5.74) is 0.968. The summed E-state index contributed by atoms with van der Waals surface area (Å²) in [5, 5.41) is 0. The Balaban J connectivity index is 1.80. The second-order valence-electron chi connectivity index (χ2n) is 4.81. The van der Waals surface area contributed by atoms with Gasteiger partial charge in [0.2, 0.25) is 0 Å². The van der Waals surface area contributed by atoms with Crippen LogP contribution in [0.25, 0.3) is 0 Å². The zero-order valence-corrected chi connectivity index (χ0v) is 10.8. The van der Waals surface area contributed by atoms with Crippen LogP contribution in [-0.2, 0) is 11.3 Å². The summed E-state index contributed by atoms with van der Waals surface area (Å²) in [7, 11) is 1.84. The second-order valence-corrected chi connectivity index (χ2v) is 4.81. The van der Waals surface area contributed by atoms with Gasteiger partial charge in [-0.25, -0.2) is 4.79 Å². The van der Waals surface area contributed by atoms with Crippen molar-refractivity contribution in [2.75, 3.05) is 7.05 Å². The fraction of sp³-hybridized carbons (Fsp3) is 0.571. The number of carbonyl (C=O) groups excluding carboxylic acids is 1. The van der Waals surface area contributed by atoms with Crippen LogP contribution in [0.1, 0.15) is 37.7 Å². The van der Waals surface area contributed by atoms with Crippen molar-refractivity contribution in [2.24, 2.45) is 0 Å². The van der Waals surface area contributed by atoms with Crippen LogP contribution >= 0.6 is 0 Å². The van der Waals surface area contributed by atoms with Gasteiger partial charge in [0.25, 0.3) is 0 Å². The molecule has 1 fully saturated rings. The molecular formula is C14H20N2O2. The number of aromatic nitrogens is 1. The van der Waals surface area contributed by atoms with E-state index in [1.54, 1.807) is 17.3 Å². The molecule has 1 heterocycles. The number of ether oxygens (including phenoxy) is 1. The highest BCUT2D eigenvalue weighted by molar-refractivity contribution is 5.67. The molecule has 1 aromatic rings. The molecule has 0 aliphatic heterocycles. The van der Waals surface area contributed by atoms with Gasteiger partial charge in [-0.2, -0.15) is 0 Å². The highest BCUT2D eigenvalue weighted by Gasteiger charge is 2.22. The summed E-state index contributed by atoms with van der Waals surface area (Å²) < 4.78 is 5.30. The summed E-state index contributed by atoms with van der Waals surface area (Å²) in [5.74, 6) is 0. The van der Waals surface area contributed by atoms with E-state index in [1.807, 2.05) is 19.2 Å². The van der Waals surface area contributed by atoms with E-state index in [9.17, 15) is 4.79 Å². The number of hydrogen-bond acceptors (Lipinski definition) is 3. The molecule has 98 valence electrons. The van der Waals surface area contributed by atoms with Crippen molar-refractivity contribution in [3.8, 4) is 0 Å². The SMILES string of the molecule is CN(C(=O)OCc1ccncc1)C1CCCCC1. The maximum absolute atomic E-state index is 11.9. The summed E-state index contributed by atoms with van der Waals surface area (Å²) >= 11 is 0. The van der Waals surface area contributed by atoms with E-state index in [0.717, 1.165) is 18.4 Å². The van der Waals surface area contributed by atoms with E-state index >= 15 is 0 Å². The quantitative estimate of drug-likeness (QED) is 0.825. The van der Waals surface area contributed by atoms with Crippen molar-refractivity contribution in [1.29, 1.82) is 0 Å². The average molecular weight is 248 g/mol. The fourth-order valence-electron chi connectivity index (χ4n) is 2.34. The standard InChI is InChI=1S/C14H20N2O2/c1-16(13-5-3-2-4-6-13)14(17)18-11-12-7-9-15-10-8-12/h7-10,13H,2-6,11H2,1H3. The molecular weight excluding hydrogens is 228 g/mol. The Labute approximate surface area is 108 Å². The van der Waals surface area contributed by atoms with Crippen LogP contribution in [0, 0.1) is 0 Å². The molecule has 4 nitrogen and oxygen atoms in total. The third-order valence-corrected chi connectivity index (χ3v) is 3.52. The number of hydrogen-bond donors (Lipinski definition) is 0. The number of rotatable bonds is 3. The molecule has 0 radical (unpaired) electrons. The van der Waals surface area contributed by atoms with Gasteiger partial charge in [0.1, 0.15) is 6.61 Å². The van der Waals surface area contributed by atoms with E-state index in [2.05, 4.69) is 4.98 Å². The molecule has 0 unspecified atom stereocenters. The lowest BCUT2D eigenvalue weighted by Crippen LogP contribution is -2.38. The number of carbonyl (C=O) groups is 1. The minimum absolute atomic E-state index is 0.223. The molecule has 0 atom stereocenters. The second kappa shape index (κ2) is 6.38. The monoisotopic (exact) mass is 248 g/mol. The third-order valence-electron chi connectivity index (χ3n) is 3.52. The van der Waals surface area contributed by atoms with E-state index in [-0.39, 0.29) is 6.09 Å². The zero-order chi connectivity index (χ0) is 12.8. The van der Waals surface area contributed by atoms with E-state index < -0.39 is 0 Å². The highest BCUT2D eigenvalue weighted by Crippen LogP contribution is 2.22. The van der Waals surface area contributed by atoms with Gasteiger partial charge < -0.3 is 9.64 Å². The van der Waals surface area contributed by atoms with Crippen molar-refractivity contribution < 1.29 is 9.53 Å². The Bertz CT molecular complexity index is 375. The lowest BCUT2D eigenvalue weighted by atomic mass is 9.95. The molecule has 2 rings (SSSR count). The van der Waals surface area contributed by atoms with Gasteiger partial charge in [0.05, 0.1) is 0 Å². The number of amides is 1. The van der Waals surface area contributed by atoms with Crippen molar-refractivity contribution >= 4 is 6.09 Å². The molecule has 0 N–H and O–H groups in total.